The first-order valence-electron chi connectivity index (χ1n) is 8.85. The number of amides is 2. The van der Waals surface area contributed by atoms with E-state index in [2.05, 4.69) is 15.8 Å². The van der Waals surface area contributed by atoms with Crippen LogP contribution in [-0.4, -0.2) is 64.2 Å². The first-order chi connectivity index (χ1) is 13.3. The summed E-state index contributed by atoms with van der Waals surface area (Å²) >= 11 is 0. The van der Waals surface area contributed by atoms with Crippen molar-refractivity contribution in [3.05, 3.63) is 30.3 Å². The quantitative estimate of drug-likeness (QED) is 0.341. The zero-order valence-corrected chi connectivity index (χ0v) is 15.6. The molecule has 1 fully saturated rings. The van der Waals surface area contributed by atoms with Gasteiger partial charge in [-0.1, -0.05) is 32.0 Å². The highest BCUT2D eigenvalue weighted by atomic mass is 16.7. The molecule has 1 aromatic carbocycles. The molecule has 2 rings (SSSR count). The number of rotatable bonds is 6. The maximum absolute atomic E-state index is 12.1. The van der Waals surface area contributed by atoms with E-state index in [1.54, 1.807) is 30.3 Å². The molecule has 4 atom stereocenters. The Morgan fingerprint density at radius 1 is 1.21 bits per heavy atom. The number of para-hydroxylation sites is 1. The molecule has 0 unspecified atom stereocenters. The number of aliphatic hydroxyl groups excluding tert-OH is 3. The Bertz CT molecular complexity index is 696. The molecule has 0 spiro atoms. The number of nitrogens with zero attached hydrogens (tertiary/aromatic N) is 1. The molecule has 0 bridgehead atoms. The molecule has 154 valence electrons. The van der Waals surface area contributed by atoms with Crippen molar-refractivity contribution < 1.29 is 34.5 Å². The van der Waals surface area contributed by atoms with Gasteiger partial charge in [-0.05, 0) is 23.2 Å². The van der Waals surface area contributed by atoms with Gasteiger partial charge in [-0.2, -0.15) is 0 Å². The van der Waals surface area contributed by atoms with Crippen molar-refractivity contribution >= 4 is 23.6 Å². The van der Waals surface area contributed by atoms with Crippen LogP contribution in [0.4, 0.5) is 10.5 Å². The minimum absolute atomic E-state index is 0.0602. The zero-order chi connectivity index (χ0) is 20.7. The minimum atomic E-state index is -1.51. The largest absolute Gasteiger partial charge is 0.468 e. The lowest BCUT2D eigenvalue weighted by Crippen LogP contribution is -2.62. The average molecular weight is 395 g/mol. The number of ether oxygens (including phenoxy) is 1. The zero-order valence-electron chi connectivity index (χ0n) is 15.6. The minimum Gasteiger partial charge on any atom is -0.468 e. The number of benzene rings is 1. The van der Waals surface area contributed by atoms with Crippen molar-refractivity contribution in [1.29, 1.82) is 0 Å². The van der Waals surface area contributed by atoms with E-state index in [0.717, 1.165) is 0 Å². The fraction of sp³-hybridized carbons (Fsp3) is 0.500. The molecule has 1 heterocycles. The normalized spacial score (nSPS) is 25.9. The van der Waals surface area contributed by atoms with Crippen LogP contribution in [0.3, 0.4) is 0 Å². The van der Waals surface area contributed by atoms with Gasteiger partial charge in [-0.3, -0.25) is 14.9 Å². The number of nitrogens with one attached hydrogen (secondary N) is 2. The average Bonchev–Trinajstić information content (AvgIpc) is 2.65. The molecule has 0 saturated carbocycles. The Hall–Kier alpha value is -2.69. The second-order valence-electron chi connectivity index (χ2n) is 6.76. The van der Waals surface area contributed by atoms with E-state index in [9.17, 15) is 24.9 Å². The van der Waals surface area contributed by atoms with Gasteiger partial charge in [-0.25, -0.2) is 4.79 Å². The summed E-state index contributed by atoms with van der Waals surface area (Å²) in [6.45, 7) is 3.08. The lowest BCUT2D eigenvalue weighted by Gasteiger charge is -2.37. The first-order valence-corrected chi connectivity index (χ1v) is 8.85. The molecule has 0 aliphatic carbocycles. The van der Waals surface area contributed by atoms with E-state index in [1.165, 1.54) is 0 Å². The van der Waals surface area contributed by atoms with Crippen LogP contribution in [0.5, 0.6) is 0 Å². The summed E-state index contributed by atoms with van der Waals surface area (Å²) in [5.74, 6) is -0.680. The fourth-order valence-corrected chi connectivity index (χ4v) is 2.58. The van der Waals surface area contributed by atoms with Crippen LogP contribution in [0.15, 0.2) is 35.5 Å². The van der Waals surface area contributed by atoms with E-state index < -0.39 is 43.0 Å². The number of aliphatic hydroxyl groups is 3. The lowest BCUT2D eigenvalue weighted by molar-refractivity contribution is -0.128. The SMILES string of the molecule is CC(C)CC(=O)N[C@H]1/C(=N/OC(=O)Nc2ccccc2)O[C@H](CO)[C@@H](O)[C@@H]1O. The van der Waals surface area contributed by atoms with Gasteiger partial charge in [0.25, 0.3) is 5.90 Å². The second-order valence-corrected chi connectivity index (χ2v) is 6.76. The van der Waals surface area contributed by atoms with E-state index in [-0.39, 0.29) is 18.2 Å². The summed E-state index contributed by atoms with van der Waals surface area (Å²) in [4.78, 5) is 28.7. The summed E-state index contributed by atoms with van der Waals surface area (Å²) < 4.78 is 5.31. The van der Waals surface area contributed by atoms with Gasteiger partial charge in [-0.15, -0.1) is 0 Å². The van der Waals surface area contributed by atoms with Gasteiger partial charge < -0.3 is 25.4 Å². The van der Waals surface area contributed by atoms with E-state index >= 15 is 0 Å². The Morgan fingerprint density at radius 2 is 1.89 bits per heavy atom. The molecule has 1 aliphatic heterocycles. The lowest BCUT2D eigenvalue weighted by atomic mass is 9.97. The number of hydrogen-bond donors (Lipinski definition) is 5. The summed E-state index contributed by atoms with van der Waals surface area (Å²) in [6, 6.07) is 7.25. The third-order valence-corrected chi connectivity index (χ3v) is 3.94. The van der Waals surface area contributed by atoms with Crippen LogP contribution < -0.4 is 10.6 Å². The third-order valence-electron chi connectivity index (χ3n) is 3.94. The van der Waals surface area contributed by atoms with Crippen LogP contribution in [-0.2, 0) is 14.4 Å². The highest BCUT2D eigenvalue weighted by Crippen LogP contribution is 2.19. The van der Waals surface area contributed by atoms with Crippen molar-refractivity contribution in [2.24, 2.45) is 11.1 Å². The second kappa shape index (κ2) is 10.0. The predicted molar refractivity (Wildman–Crippen MR) is 99.3 cm³/mol. The maximum atomic E-state index is 12.1. The molecule has 1 saturated heterocycles. The van der Waals surface area contributed by atoms with Crippen LogP contribution in [0.1, 0.15) is 20.3 Å². The van der Waals surface area contributed by atoms with Crippen molar-refractivity contribution in [3.63, 3.8) is 0 Å². The van der Waals surface area contributed by atoms with E-state index in [4.69, 9.17) is 9.57 Å². The van der Waals surface area contributed by atoms with Gasteiger partial charge in [0, 0.05) is 12.1 Å². The molecule has 1 aliphatic rings. The van der Waals surface area contributed by atoms with Crippen molar-refractivity contribution in [3.8, 4) is 0 Å². The molecule has 2 amide bonds. The van der Waals surface area contributed by atoms with Gasteiger partial charge >= 0.3 is 6.09 Å². The maximum Gasteiger partial charge on any atom is 0.437 e. The topological polar surface area (TPSA) is 150 Å². The first kappa shape index (κ1) is 21.6. The molecule has 0 radical (unpaired) electrons. The molecule has 0 aromatic heterocycles. The number of oxime groups is 1. The molecular weight excluding hydrogens is 370 g/mol. The number of hydrogen-bond acceptors (Lipinski definition) is 8. The molecule has 10 heteroatoms. The van der Waals surface area contributed by atoms with Gasteiger partial charge in [0.15, 0.2) is 6.10 Å². The van der Waals surface area contributed by atoms with E-state index in [0.29, 0.717) is 5.69 Å². The monoisotopic (exact) mass is 395 g/mol. The van der Waals surface area contributed by atoms with Crippen LogP contribution >= 0.6 is 0 Å². The molecule has 28 heavy (non-hydrogen) atoms. The Kier molecular flexibility index (Phi) is 7.73. The third kappa shape index (κ3) is 5.91. The number of carbonyl (C=O) groups excluding carboxylic acids is 2. The Morgan fingerprint density at radius 3 is 2.50 bits per heavy atom. The van der Waals surface area contributed by atoms with Crippen molar-refractivity contribution in [2.45, 2.75) is 44.6 Å². The highest BCUT2D eigenvalue weighted by molar-refractivity contribution is 5.90. The Labute approximate surface area is 162 Å². The molecule has 5 N–H and O–H groups in total. The van der Waals surface area contributed by atoms with Gasteiger partial charge in [0.05, 0.1) is 6.61 Å². The molecular formula is C18H25N3O7. The highest BCUT2D eigenvalue weighted by Gasteiger charge is 2.44. The van der Waals surface area contributed by atoms with Crippen LogP contribution in [0.2, 0.25) is 0 Å². The van der Waals surface area contributed by atoms with Crippen molar-refractivity contribution in [1.82, 2.24) is 5.32 Å². The fourth-order valence-electron chi connectivity index (χ4n) is 2.58. The Balaban J connectivity index is 2.11. The summed E-state index contributed by atoms with van der Waals surface area (Å²) in [5.41, 5.74) is 0.475. The van der Waals surface area contributed by atoms with E-state index in [1.807, 2.05) is 13.8 Å². The van der Waals surface area contributed by atoms with Gasteiger partial charge in [0.2, 0.25) is 5.91 Å². The predicted octanol–water partition coefficient (Wildman–Crippen LogP) is 0.192. The number of anilines is 1. The smallest absolute Gasteiger partial charge is 0.437 e. The summed E-state index contributed by atoms with van der Waals surface area (Å²) in [6.07, 6.45) is -4.91. The van der Waals surface area contributed by atoms with Gasteiger partial charge in [0.1, 0.15) is 18.2 Å². The summed E-state index contributed by atoms with van der Waals surface area (Å²) in [7, 11) is 0. The van der Waals surface area contributed by atoms with Crippen LogP contribution in [0.25, 0.3) is 0 Å². The molecule has 10 nitrogen and oxygen atoms in total. The molecule has 1 aromatic rings. The number of carbonyl (C=O) groups is 2. The standard InChI is InChI=1S/C18H25N3O7/c1-10(2)8-13(23)20-14-16(25)15(24)12(9-22)27-17(14)21-28-18(26)19-11-6-4-3-5-7-11/h3-7,10,12,14-16,22,24-25H,8-9H2,1-2H3,(H,19,26)(H,20,23)/b21-17-/t12-,14-,15-,16-/m1/s1. The van der Waals surface area contributed by atoms with Crippen molar-refractivity contribution in [2.75, 3.05) is 11.9 Å². The van der Waals surface area contributed by atoms with Crippen LogP contribution in [0, 0.1) is 5.92 Å². The summed E-state index contributed by atoms with van der Waals surface area (Å²) in [5, 5.41) is 38.1.